The molecule has 2 aliphatic rings. The quantitative estimate of drug-likeness (QED) is 0.490. The molecular formula is C21H40N4O6. The van der Waals surface area contributed by atoms with Crippen LogP contribution in [0.4, 0.5) is 14.4 Å². The Morgan fingerprint density at radius 3 is 1.10 bits per heavy atom. The van der Waals surface area contributed by atoms with Gasteiger partial charge in [-0.1, -0.05) is 0 Å². The molecule has 0 bridgehead atoms. The van der Waals surface area contributed by atoms with Crippen LogP contribution < -0.4 is 21.7 Å². The van der Waals surface area contributed by atoms with Crippen LogP contribution in [0.2, 0.25) is 0 Å². The second-order valence-corrected chi connectivity index (χ2v) is 10.9. The van der Waals surface area contributed by atoms with Crippen LogP contribution in [-0.4, -0.2) is 59.3 Å². The minimum atomic E-state index is -0.521. The topological polar surface area (TPSA) is 141 Å². The summed E-state index contributed by atoms with van der Waals surface area (Å²) in [5.41, 5.74) is 4.04. The van der Waals surface area contributed by atoms with E-state index >= 15 is 0 Å². The summed E-state index contributed by atoms with van der Waals surface area (Å²) in [7, 11) is 0. The Hall–Kier alpha value is -2.23. The van der Waals surface area contributed by atoms with Crippen LogP contribution in [0.5, 0.6) is 0 Å². The Labute approximate surface area is 185 Å². The van der Waals surface area contributed by atoms with Crippen molar-refractivity contribution in [3.05, 3.63) is 0 Å². The number of carbonyl (C=O) groups is 3. The van der Waals surface area contributed by atoms with Crippen LogP contribution in [0, 0.1) is 0 Å². The minimum Gasteiger partial charge on any atom is -0.444 e. The molecular weight excluding hydrogens is 404 g/mol. The number of alkyl carbamates (subject to hydrolysis) is 3. The lowest BCUT2D eigenvalue weighted by molar-refractivity contribution is 0.0488. The second-order valence-electron chi connectivity index (χ2n) is 10.9. The van der Waals surface area contributed by atoms with Crippen molar-refractivity contribution in [2.75, 3.05) is 0 Å². The third kappa shape index (κ3) is 13.6. The maximum atomic E-state index is 11.5. The lowest BCUT2D eigenvalue weighted by atomic mass is 10.2. The highest BCUT2D eigenvalue weighted by Crippen LogP contribution is 2.22. The first kappa shape index (κ1) is 26.8. The zero-order valence-electron chi connectivity index (χ0n) is 20.3. The number of nitrogens with two attached hydrogens (primary N) is 1. The molecule has 2 fully saturated rings. The van der Waals surface area contributed by atoms with E-state index in [9.17, 15) is 14.4 Å². The van der Waals surface area contributed by atoms with Crippen molar-refractivity contribution in [3.8, 4) is 0 Å². The lowest BCUT2D eigenvalue weighted by Crippen LogP contribution is -2.39. The lowest BCUT2D eigenvalue weighted by Gasteiger charge is -2.20. The Bertz CT molecular complexity index is 614. The summed E-state index contributed by atoms with van der Waals surface area (Å²) < 4.78 is 15.3. The normalized spacial score (nSPS) is 24.6. The first-order chi connectivity index (χ1) is 13.8. The molecule has 180 valence electrons. The second kappa shape index (κ2) is 9.93. The molecule has 0 aromatic carbocycles. The summed E-state index contributed by atoms with van der Waals surface area (Å²) in [6, 6.07) is 0.0853. The highest BCUT2D eigenvalue weighted by atomic mass is 16.6. The van der Waals surface area contributed by atoms with Gasteiger partial charge in [0.1, 0.15) is 16.8 Å². The molecule has 10 nitrogen and oxygen atoms in total. The molecule has 0 spiro atoms. The molecule has 2 aliphatic carbocycles. The smallest absolute Gasteiger partial charge is 0.407 e. The van der Waals surface area contributed by atoms with E-state index in [1.54, 1.807) is 41.5 Å². The van der Waals surface area contributed by atoms with E-state index in [-0.39, 0.29) is 30.3 Å². The minimum absolute atomic E-state index is 0.0811. The number of amides is 3. The predicted molar refractivity (Wildman–Crippen MR) is 117 cm³/mol. The van der Waals surface area contributed by atoms with E-state index in [2.05, 4.69) is 16.0 Å². The molecule has 31 heavy (non-hydrogen) atoms. The maximum absolute atomic E-state index is 11.5. The summed E-state index contributed by atoms with van der Waals surface area (Å²) in [6.45, 7) is 16.3. The van der Waals surface area contributed by atoms with Gasteiger partial charge in [-0.15, -0.1) is 0 Å². The fourth-order valence-electron chi connectivity index (χ4n) is 2.27. The molecule has 0 saturated heterocycles. The van der Waals surface area contributed by atoms with Crippen molar-refractivity contribution in [3.63, 3.8) is 0 Å². The zero-order valence-corrected chi connectivity index (χ0v) is 20.3. The van der Waals surface area contributed by atoms with Gasteiger partial charge >= 0.3 is 18.3 Å². The highest BCUT2D eigenvalue weighted by molar-refractivity contribution is 5.71. The molecule has 10 heteroatoms. The third-order valence-electron chi connectivity index (χ3n) is 3.74. The number of hydrogen-bond acceptors (Lipinski definition) is 7. The molecule has 2 saturated carbocycles. The van der Waals surface area contributed by atoms with Gasteiger partial charge in [0.05, 0.1) is 12.1 Å². The van der Waals surface area contributed by atoms with Crippen LogP contribution in [0.3, 0.4) is 0 Å². The van der Waals surface area contributed by atoms with Gasteiger partial charge in [0.15, 0.2) is 0 Å². The van der Waals surface area contributed by atoms with Gasteiger partial charge in [-0.2, -0.15) is 0 Å². The molecule has 5 N–H and O–H groups in total. The van der Waals surface area contributed by atoms with Gasteiger partial charge in [-0.05, 0) is 75.2 Å². The highest BCUT2D eigenvalue weighted by Gasteiger charge is 2.41. The number of carbonyl (C=O) groups excluding carboxylic acids is 3. The molecule has 0 heterocycles. The monoisotopic (exact) mass is 444 g/mol. The summed E-state index contributed by atoms with van der Waals surface area (Å²) >= 11 is 0. The Balaban J connectivity index is 0.000000343. The molecule has 0 aliphatic heterocycles. The van der Waals surface area contributed by atoms with Crippen LogP contribution in [0.25, 0.3) is 0 Å². The van der Waals surface area contributed by atoms with Gasteiger partial charge < -0.3 is 35.9 Å². The summed E-state index contributed by atoms with van der Waals surface area (Å²) in [4.78, 5) is 34.0. The third-order valence-corrected chi connectivity index (χ3v) is 3.74. The molecule has 4 atom stereocenters. The Morgan fingerprint density at radius 1 is 0.613 bits per heavy atom. The van der Waals surface area contributed by atoms with E-state index in [0.29, 0.717) is 6.42 Å². The predicted octanol–water partition coefficient (Wildman–Crippen LogP) is 2.79. The first-order valence-electron chi connectivity index (χ1n) is 10.6. The van der Waals surface area contributed by atoms with Crippen molar-refractivity contribution in [2.45, 2.75) is 116 Å². The molecule has 2 rings (SSSR count). The van der Waals surface area contributed by atoms with Crippen molar-refractivity contribution >= 4 is 18.3 Å². The maximum Gasteiger partial charge on any atom is 0.407 e. The average Bonchev–Trinajstić information content (AvgIpc) is 3.34. The van der Waals surface area contributed by atoms with Gasteiger partial charge in [0.25, 0.3) is 0 Å². The van der Waals surface area contributed by atoms with Crippen LogP contribution in [0.15, 0.2) is 0 Å². The standard InChI is InChI=1S/C13H24N2O4.C8H16N2O2/c1-12(2,3)18-10(16)14-8-7-9(8)15-11(17)19-13(4,5)6;1-8(2,3)12-7(11)10-6-4-5(6)9/h8-9H,7H2,1-6H3,(H,14,16)(H,15,17);5-6H,4,9H2,1-3H3,(H,10,11)/t8-,9?;5-,6?/m11/s1. The number of ether oxygens (including phenoxy) is 3. The van der Waals surface area contributed by atoms with Crippen molar-refractivity contribution < 1.29 is 28.6 Å². The van der Waals surface area contributed by atoms with Crippen LogP contribution in [0.1, 0.15) is 75.2 Å². The molecule has 0 aromatic heterocycles. The molecule has 0 radical (unpaired) electrons. The summed E-state index contributed by atoms with van der Waals surface area (Å²) in [5, 5.41) is 8.07. The fourth-order valence-corrected chi connectivity index (χ4v) is 2.27. The van der Waals surface area contributed by atoms with E-state index in [1.165, 1.54) is 0 Å². The average molecular weight is 445 g/mol. The molecule has 0 aromatic rings. The van der Waals surface area contributed by atoms with Crippen LogP contribution in [-0.2, 0) is 14.2 Å². The molecule has 2 unspecified atom stereocenters. The number of hydrogen-bond donors (Lipinski definition) is 4. The van der Waals surface area contributed by atoms with Crippen molar-refractivity contribution in [1.29, 1.82) is 0 Å². The SMILES string of the molecule is CC(C)(C)OC(=O)NC1C[C@H]1N.CC(C)(C)OC(=O)NC1C[C@H]1NC(=O)OC(C)(C)C. The molecule has 3 amide bonds. The number of rotatable bonds is 3. The van der Waals surface area contributed by atoms with Crippen molar-refractivity contribution in [2.24, 2.45) is 5.73 Å². The zero-order chi connectivity index (χ0) is 24.2. The summed E-state index contributed by atoms with van der Waals surface area (Å²) in [6.07, 6.45) is 0.245. The van der Waals surface area contributed by atoms with Gasteiger partial charge in [0, 0.05) is 12.1 Å². The Kier molecular flexibility index (Phi) is 8.59. The van der Waals surface area contributed by atoms with Crippen LogP contribution >= 0.6 is 0 Å². The van der Waals surface area contributed by atoms with Gasteiger partial charge in [-0.3, -0.25) is 0 Å². The van der Waals surface area contributed by atoms with E-state index in [0.717, 1.165) is 6.42 Å². The number of nitrogens with one attached hydrogen (secondary N) is 3. The largest absolute Gasteiger partial charge is 0.444 e. The fraction of sp³-hybridized carbons (Fsp3) is 0.857. The Morgan fingerprint density at radius 2 is 0.871 bits per heavy atom. The van der Waals surface area contributed by atoms with E-state index in [1.807, 2.05) is 20.8 Å². The summed E-state index contributed by atoms with van der Waals surface area (Å²) in [5.74, 6) is 0. The first-order valence-corrected chi connectivity index (χ1v) is 10.6. The van der Waals surface area contributed by atoms with E-state index in [4.69, 9.17) is 19.9 Å². The van der Waals surface area contributed by atoms with Gasteiger partial charge in [-0.25, -0.2) is 14.4 Å². The van der Waals surface area contributed by atoms with Crippen molar-refractivity contribution in [1.82, 2.24) is 16.0 Å². The van der Waals surface area contributed by atoms with Gasteiger partial charge in [0.2, 0.25) is 0 Å². The van der Waals surface area contributed by atoms with E-state index < -0.39 is 29.0 Å².